The SMILES string of the molecule is CC(C)Oc1cc(-c2cccc(C(F)CCNS(=O)[O-])c2F)cc2c(N3CCOCC3C)nc(-c3cnc(N)nc3)nc12. The van der Waals surface area contributed by atoms with E-state index in [-0.39, 0.29) is 42.2 Å². The summed E-state index contributed by atoms with van der Waals surface area (Å²) in [5.74, 6) is 0.735. The number of nitrogens with one attached hydrogen (secondary N) is 1. The van der Waals surface area contributed by atoms with E-state index >= 15 is 8.78 Å². The maximum Gasteiger partial charge on any atom is 0.219 e. The van der Waals surface area contributed by atoms with Crippen LogP contribution in [0.3, 0.4) is 0 Å². The molecule has 3 heterocycles. The summed E-state index contributed by atoms with van der Waals surface area (Å²) in [4.78, 5) is 20.0. The minimum Gasteiger partial charge on any atom is -0.760 e. The number of morpholine rings is 1. The molecule has 43 heavy (non-hydrogen) atoms. The zero-order chi connectivity index (χ0) is 30.7. The van der Waals surface area contributed by atoms with Crippen molar-refractivity contribution in [2.24, 2.45) is 0 Å². The van der Waals surface area contributed by atoms with Gasteiger partial charge in [-0.05, 0) is 44.9 Å². The number of ether oxygens (including phenoxy) is 2. The number of nitrogens with two attached hydrogens (primary N) is 1. The minimum absolute atomic E-state index is 0.0232. The molecule has 0 aliphatic carbocycles. The first-order valence-corrected chi connectivity index (χ1v) is 14.9. The summed E-state index contributed by atoms with van der Waals surface area (Å²) < 4.78 is 66.5. The van der Waals surface area contributed by atoms with Gasteiger partial charge in [0.15, 0.2) is 5.82 Å². The van der Waals surface area contributed by atoms with Crippen molar-refractivity contribution in [3.8, 4) is 28.3 Å². The van der Waals surface area contributed by atoms with Crippen molar-refractivity contribution < 1.29 is 27.0 Å². The van der Waals surface area contributed by atoms with Gasteiger partial charge in [-0.2, -0.15) is 0 Å². The van der Waals surface area contributed by atoms with Gasteiger partial charge < -0.3 is 24.7 Å². The molecular formula is C29H32F2N7O4S-. The molecule has 3 unspecified atom stereocenters. The first-order chi connectivity index (χ1) is 20.6. The van der Waals surface area contributed by atoms with E-state index in [4.69, 9.17) is 25.2 Å². The Balaban J connectivity index is 1.69. The van der Waals surface area contributed by atoms with E-state index in [1.54, 1.807) is 36.7 Å². The molecule has 0 bridgehead atoms. The highest BCUT2D eigenvalue weighted by Gasteiger charge is 2.26. The number of hydrogen-bond donors (Lipinski definition) is 2. The Morgan fingerprint density at radius 2 is 2.00 bits per heavy atom. The average molecular weight is 613 g/mol. The Hall–Kier alpha value is -3.85. The van der Waals surface area contributed by atoms with E-state index in [1.807, 2.05) is 20.8 Å². The molecule has 228 valence electrons. The van der Waals surface area contributed by atoms with Gasteiger partial charge in [-0.25, -0.2) is 33.4 Å². The second-order valence-electron chi connectivity index (χ2n) is 10.4. The molecule has 3 N–H and O–H groups in total. The van der Waals surface area contributed by atoms with Gasteiger partial charge in [0.25, 0.3) is 0 Å². The highest BCUT2D eigenvalue weighted by atomic mass is 32.2. The van der Waals surface area contributed by atoms with E-state index < -0.39 is 23.3 Å². The molecule has 5 rings (SSSR count). The van der Waals surface area contributed by atoms with E-state index in [0.717, 1.165) is 0 Å². The highest BCUT2D eigenvalue weighted by Crippen LogP contribution is 2.40. The summed E-state index contributed by atoms with van der Waals surface area (Å²) in [7, 11) is 0. The summed E-state index contributed by atoms with van der Waals surface area (Å²) in [6.45, 7) is 7.15. The monoisotopic (exact) mass is 612 g/mol. The number of halogens is 2. The van der Waals surface area contributed by atoms with Crippen molar-refractivity contribution >= 4 is 33.9 Å². The standard InChI is InChI=1S/C29H33F2N7O4S/c1-16(2)42-24-12-18(20-5-4-6-21(25(20)31)23(30)7-8-35-43(39)40)11-22-26(24)36-27(19-13-33-29(32)34-14-19)37-28(22)38-9-10-41-15-17(38)3/h4-6,11-14,16-17,23,35H,7-10,15H2,1-3H3,(H,39,40)(H2,32,33,34)/p-1. The van der Waals surface area contributed by atoms with Gasteiger partial charge in [-0.3, -0.25) is 4.21 Å². The maximum atomic E-state index is 15.9. The van der Waals surface area contributed by atoms with Crippen LogP contribution in [-0.4, -0.2) is 67.1 Å². The van der Waals surface area contributed by atoms with E-state index in [0.29, 0.717) is 59.2 Å². The smallest absolute Gasteiger partial charge is 0.219 e. The molecule has 1 aliphatic heterocycles. The average Bonchev–Trinajstić information content (AvgIpc) is 2.97. The molecule has 11 nitrogen and oxygen atoms in total. The molecule has 1 fully saturated rings. The maximum absolute atomic E-state index is 15.9. The zero-order valence-electron chi connectivity index (χ0n) is 23.9. The number of nitrogens with zero attached hydrogens (tertiary/aromatic N) is 5. The fourth-order valence-corrected chi connectivity index (χ4v) is 5.25. The van der Waals surface area contributed by atoms with Crippen LogP contribution in [0.5, 0.6) is 5.75 Å². The van der Waals surface area contributed by atoms with Crippen molar-refractivity contribution in [2.45, 2.75) is 45.5 Å². The van der Waals surface area contributed by atoms with Gasteiger partial charge in [0.1, 0.15) is 29.1 Å². The van der Waals surface area contributed by atoms with Crippen molar-refractivity contribution in [1.29, 1.82) is 0 Å². The molecule has 1 aliphatic rings. The Morgan fingerprint density at radius 1 is 1.23 bits per heavy atom. The lowest BCUT2D eigenvalue weighted by Gasteiger charge is -2.35. The highest BCUT2D eigenvalue weighted by molar-refractivity contribution is 7.77. The Bertz CT molecular complexity index is 1630. The third kappa shape index (κ3) is 6.88. The summed E-state index contributed by atoms with van der Waals surface area (Å²) in [5, 5.41) is 0.616. The van der Waals surface area contributed by atoms with Crippen molar-refractivity contribution in [1.82, 2.24) is 24.7 Å². The van der Waals surface area contributed by atoms with Crippen LogP contribution in [-0.2, 0) is 16.0 Å². The van der Waals surface area contributed by atoms with Crippen molar-refractivity contribution in [2.75, 3.05) is 36.9 Å². The topological polar surface area (TPSA) is 151 Å². The molecular weight excluding hydrogens is 580 g/mol. The summed E-state index contributed by atoms with van der Waals surface area (Å²) >= 11 is -2.53. The largest absolute Gasteiger partial charge is 0.760 e. The Kier molecular flexibility index (Phi) is 9.40. The first kappa shape index (κ1) is 30.6. The third-order valence-electron chi connectivity index (χ3n) is 6.97. The predicted octanol–water partition coefficient (Wildman–Crippen LogP) is 4.27. The number of aromatic nitrogens is 4. The molecule has 1 saturated heterocycles. The van der Waals surface area contributed by atoms with Crippen LogP contribution in [0.15, 0.2) is 42.7 Å². The van der Waals surface area contributed by atoms with Gasteiger partial charge >= 0.3 is 0 Å². The predicted molar refractivity (Wildman–Crippen MR) is 159 cm³/mol. The second kappa shape index (κ2) is 13.2. The Labute approximate surface area is 250 Å². The minimum atomic E-state index is -2.53. The summed E-state index contributed by atoms with van der Waals surface area (Å²) in [6.07, 6.45) is 0.907. The number of rotatable bonds is 10. The zero-order valence-corrected chi connectivity index (χ0v) is 24.7. The quantitative estimate of drug-likeness (QED) is 0.248. The lowest BCUT2D eigenvalue weighted by molar-refractivity contribution is 0.0987. The number of benzene rings is 2. The molecule has 0 saturated carbocycles. The molecule has 2 aromatic carbocycles. The molecule has 2 aromatic heterocycles. The normalized spacial score (nSPS) is 16.9. The van der Waals surface area contributed by atoms with Gasteiger partial charge in [0, 0.05) is 53.3 Å². The van der Waals surface area contributed by atoms with Gasteiger partial charge in [0.05, 0.1) is 30.9 Å². The molecule has 0 radical (unpaired) electrons. The van der Waals surface area contributed by atoms with Crippen LogP contribution in [0.2, 0.25) is 0 Å². The van der Waals surface area contributed by atoms with Crippen LogP contribution in [0.1, 0.15) is 38.9 Å². The number of hydrogen-bond acceptors (Lipinski definition) is 10. The van der Waals surface area contributed by atoms with E-state index in [9.17, 15) is 8.76 Å². The van der Waals surface area contributed by atoms with Crippen LogP contribution in [0.25, 0.3) is 33.4 Å². The second-order valence-corrected chi connectivity index (χ2v) is 11.2. The molecule has 3 atom stereocenters. The lowest BCUT2D eigenvalue weighted by Crippen LogP contribution is -2.44. The first-order valence-electron chi connectivity index (χ1n) is 13.8. The van der Waals surface area contributed by atoms with Crippen LogP contribution in [0.4, 0.5) is 20.5 Å². The fourth-order valence-electron chi connectivity index (χ4n) is 4.97. The molecule has 4 aromatic rings. The molecule has 0 spiro atoms. The Morgan fingerprint density at radius 3 is 2.70 bits per heavy atom. The third-order valence-corrected chi connectivity index (χ3v) is 7.41. The van der Waals surface area contributed by atoms with Crippen LogP contribution < -0.4 is 20.1 Å². The van der Waals surface area contributed by atoms with Crippen molar-refractivity contribution in [3.63, 3.8) is 0 Å². The van der Waals surface area contributed by atoms with Gasteiger partial charge in [-0.1, -0.05) is 18.2 Å². The van der Waals surface area contributed by atoms with E-state index in [2.05, 4.69) is 19.6 Å². The number of fused-ring (bicyclic) bond motifs is 1. The summed E-state index contributed by atoms with van der Waals surface area (Å²) in [6, 6.07) is 7.93. The lowest BCUT2D eigenvalue weighted by atomic mass is 9.97. The van der Waals surface area contributed by atoms with Gasteiger partial charge in [-0.15, -0.1) is 0 Å². The number of nitrogen functional groups attached to an aromatic ring is 1. The van der Waals surface area contributed by atoms with Crippen molar-refractivity contribution in [3.05, 3.63) is 54.1 Å². The number of anilines is 2. The van der Waals surface area contributed by atoms with Crippen LogP contribution >= 0.6 is 0 Å². The molecule has 14 heteroatoms. The number of alkyl halides is 1. The molecule has 0 amide bonds. The van der Waals surface area contributed by atoms with Crippen LogP contribution in [0, 0.1) is 5.82 Å². The van der Waals surface area contributed by atoms with E-state index in [1.165, 1.54) is 6.07 Å². The fraction of sp³-hybridized carbons (Fsp3) is 0.379. The van der Waals surface area contributed by atoms with Gasteiger partial charge in [0.2, 0.25) is 5.95 Å². The summed E-state index contributed by atoms with van der Waals surface area (Å²) in [5.41, 5.74) is 7.20.